The van der Waals surface area contributed by atoms with Gasteiger partial charge >= 0.3 is 5.97 Å². The Hall–Kier alpha value is -1.61. The number of ether oxygens (including phenoxy) is 1. The summed E-state index contributed by atoms with van der Waals surface area (Å²) >= 11 is 0. The van der Waals surface area contributed by atoms with Gasteiger partial charge in [0.15, 0.2) is 0 Å². The van der Waals surface area contributed by atoms with E-state index in [1.807, 2.05) is 24.3 Å². The number of carbonyl (C=O) groups is 1. The molecule has 0 bridgehead atoms. The van der Waals surface area contributed by atoms with E-state index in [1.54, 1.807) is 6.08 Å². The van der Waals surface area contributed by atoms with Gasteiger partial charge in [0.1, 0.15) is 0 Å². The first kappa shape index (κ1) is 19.4. The van der Waals surface area contributed by atoms with E-state index in [1.165, 1.54) is 51.0 Å². The van der Waals surface area contributed by atoms with E-state index in [2.05, 4.69) is 13.0 Å². The van der Waals surface area contributed by atoms with Crippen molar-refractivity contribution in [1.82, 2.24) is 0 Å². The fourth-order valence-corrected chi connectivity index (χ4v) is 2.42. The van der Waals surface area contributed by atoms with Gasteiger partial charge in [-0.1, -0.05) is 74.6 Å². The number of aliphatic carboxylic acids is 1. The molecule has 1 N–H and O–H groups in total. The van der Waals surface area contributed by atoms with Crippen LogP contribution in [0.15, 0.2) is 48.6 Å². The van der Waals surface area contributed by atoms with Crippen LogP contribution < -0.4 is 0 Å². The van der Waals surface area contributed by atoms with Crippen molar-refractivity contribution in [3.8, 4) is 0 Å². The second-order valence-electron chi connectivity index (χ2n) is 5.97. The number of carboxylic acids is 1. The molecule has 1 fully saturated rings. The van der Waals surface area contributed by atoms with Crippen molar-refractivity contribution in [3.63, 3.8) is 0 Å². The third-order valence-electron chi connectivity index (χ3n) is 3.88. The molecule has 0 aromatic carbocycles. The Morgan fingerprint density at radius 1 is 0.913 bits per heavy atom. The van der Waals surface area contributed by atoms with Crippen LogP contribution in [0.4, 0.5) is 0 Å². The van der Waals surface area contributed by atoms with Crippen LogP contribution in [0.2, 0.25) is 0 Å². The van der Waals surface area contributed by atoms with Crippen molar-refractivity contribution in [1.29, 1.82) is 0 Å². The van der Waals surface area contributed by atoms with E-state index < -0.39 is 5.97 Å². The molecule has 1 aliphatic heterocycles. The molecule has 2 atom stereocenters. The van der Waals surface area contributed by atoms with Gasteiger partial charge in [-0.25, -0.2) is 4.79 Å². The maximum Gasteiger partial charge on any atom is 0.328 e. The average Bonchev–Trinajstić information content (AvgIpc) is 3.22. The van der Waals surface area contributed by atoms with Crippen molar-refractivity contribution in [2.24, 2.45) is 0 Å². The van der Waals surface area contributed by atoms with Crippen molar-refractivity contribution in [2.75, 3.05) is 0 Å². The minimum atomic E-state index is -0.926. The first-order chi connectivity index (χ1) is 11.2. The molecule has 0 saturated carbocycles. The van der Waals surface area contributed by atoms with Gasteiger partial charge in [-0.2, -0.15) is 0 Å². The molecule has 1 aliphatic rings. The van der Waals surface area contributed by atoms with Crippen LogP contribution in [0, 0.1) is 0 Å². The average molecular weight is 318 g/mol. The first-order valence-electron chi connectivity index (χ1n) is 8.75. The summed E-state index contributed by atoms with van der Waals surface area (Å²) in [7, 11) is 0. The molecule has 0 aliphatic carbocycles. The molecule has 23 heavy (non-hydrogen) atoms. The Morgan fingerprint density at radius 2 is 1.48 bits per heavy atom. The van der Waals surface area contributed by atoms with Crippen LogP contribution in [0.3, 0.4) is 0 Å². The summed E-state index contributed by atoms with van der Waals surface area (Å²) in [4.78, 5) is 10.2. The van der Waals surface area contributed by atoms with Crippen molar-refractivity contribution < 1.29 is 14.6 Å². The Morgan fingerprint density at radius 3 is 2.13 bits per heavy atom. The molecule has 3 heteroatoms. The lowest BCUT2D eigenvalue weighted by atomic mass is 10.1. The summed E-state index contributed by atoms with van der Waals surface area (Å²) in [5.41, 5.74) is 0. The largest absolute Gasteiger partial charge is 0.478 e. The molecular weight excluding hydrogens is 288 g/mol. The third kappa shape index (κ3) is 12.6. The lowest BCUT2D eigenvalue weighted by Crippen LogP contribution is -1.89. The second-order valence-corrected chi connectivity index (χ2v) is 5.97. The number of hydrogen-bond donors (Lipinski definition) is 1. The lowest BCUT2D eigenvalue weighted by Gasteiger charge is -1.99. The molecule has 2 unspecified atom stereocenters. The minimum absolute atomic E-state index is 0.521. The molecule has 1 heterocycles. The maximum atomic E-state index is 10.2. The Labute approximate surface area is 140 Å². The van der Waals surface area contributed by atoms with Gasteiger partial charge in [0.25, 0.3) is 0 Å². The first-order valence-corrected chi connectivity index (χ1v) is 8.75. The summed E-state index contributed by atoms with van der Waals surface area (Å²) in [6.45, 7) is 2.15. The highest BCUT2D eigenvalue weighted by Crippen LogP contribution is 2.26. The van der Waals surface area contributed by atoms with Gasteiger partial charge in [0.2, 0.25) is 0 Å². The smallest absolute Gasteiger partial charge is 0.328 e. The van der Waals surface area contributed by atoms with Gasteiger partial charge in [0, 0.05) is 6.08 Å². The topological polar surface area (TPSA) is 49.8 Å². The predicted molar refractivity (Wildman–Crippen MR) is 95.5 cm³/mol. The Bertz CT molecular complexity index is 432. The number of rotatable bonds is 13. The Balaban J connectivity index is 1.83. The quantitative estimate of drug-likeness (QED) is 0.220. The fourth-order valence-electron chi connectivity index (χ4n) is 2.42. The van der Waals surface area contributed by atoms with E-state index in [-0.39, 0.29) is 0 Å². The molecule has 0 spiro atoms. The van der Waals surface area contributed by atoms with Crippen molar-refractivity contribution >= 4 is 5.97 Å². The molecule has 0 radical (unpaired) electrons. The van der Waals surface area contributed by atoms with Gasteiger partial charge in [-0.15, -0.1) is 0 Å². The SMILES string of the molecule is CC1OC1CCCCCCCCC=CC=CC=CC=CC(=O)O. The van der Waals surface area contributed by atoms with Gasteiger partial charge < -0.3 is 9.84 Å². The van der Waals surface area contributed by atoms with E-state index in [4.69, 9.17) is 9.84 Å². The minimum Gasteiger partial charge on any atom is -0.478 e. The molecule has 1 saturated heterocycles. The molecule has 0 amide bonds. The summed E-state index contributed by atoms with van der Waals surface area (Å²) in [6.07, 6.45) is 25.6. The summed E-state index contributed by atoms with van der Waals surface area (Å²) < 4.78 is 5.40. The molecular formula is C20H30O3. The van der Waals surface area contributed by atoms with Gasteiger partial charge in [-0.3, -0.25) is 0 Å². The summed E-state index contributed by atoms with van der Waals surface area (Å²) in [6, 6.07) is 0. The van der Waals surface area contributed by atoms with Crippen LogP contribution >= 0.6 is 0 Å². The summed E-state index contributed by atoms with van der Waals surface area (Å²) in [5.74, 6) is -0.926. The second kappa shape index (κ2) is 12.9. The van der Waals surface area contributed by atoms with Crippen LogP contribution in [0.25, 0.3) is 0 Å². The van der Waals surface area contributed by atoms with Crippen LogP contribution in [0.1, 0.15) is 58.3 Å². The predicted octanol–water partition coefficient (Wildman–Crippen LogP) is 5.20. The lowest BCUT2D eigenvalue weighted by molar-refractivity contribution is -0.131. The number of hydrogen-bond acceptors (Lipinski definition) is 2. The van der Waals surface area contributed by atoms with Crippen molar-refractivity contribution in [3.05, 3.63) is 48.6 Å². The van der Waals surface area contributed by atoms with Gasteiger partial charge in [-0.05, 0) is 26.2 Å². The molecule has 1 rings (SSSR count). The van der Waals surface area contributed by atoms with E-state index in [0.717, 1.165) is 12.5 Å². The molecule has 0 aromatic rings. The number of carboxylic acid groups (broad SMARTS) is 1. The van der Waals surface area contributed by atoms with Crippen LogP contribution in [-0.4, -0.2) is 23.3 Å². The number of unbranched alkanes of at least 4 members (excludes halogenated alkanes) is 6. The highest BCUT2D eigenvalue weighted by atomic mass is 16.6. The Kier molecular flexibility index (Phi) is 10.9. The number of allylic oxidation sites excluding steroid dienone is 7. The van der Waals surface area contributed by atoms with E-state index >= 15 is 0 Å². The van der Waals surface area contributed by atoms with E-state index in [9.17, 15) is 4.79 Å². The molecule has 128 valence electrons. The standard InChI is InChI=1S/C20H30O3/c1-18-19(23-18)16-14-12-10-8-6-4-2-3-5-7-9-11-13-15-17-20(21)22/h3,5,7,9,11,13,15,17-19H,2,4,6,8,10,12,14,16H2,1H3,(H,21,22). The molecule has 3 nitrogen and oxygen atoms in total. The fraction of sp³-hybridized carbons (Fsp3) is 0.550. The van der Waals surface area contributed by atoms with Crippen LogP contribution in [0.5, 0.6) is 0 Å². The zero-order chi connectivity index (χ0) is 16.8. The maximum absolute atomic E-state index is 10.2. The normalized spacial score (nSPS) is 21.3. The van der Waals surface area contributed by atoms with Gasteiger partial charge in [0.05, 0.1) is 12.2 Å². The van der Waals surface area contributed by atoms with Crippen molar-refractivity contribution in [2.45, 2.75) is 70.5 Å². The zero-order valence-corrected chi connectivity index (χ0v) is 14.2. The molecule has 0 aromatic heterocycles. The van der Waals surface area contributed by atoms with E-state index in [0.29, 0.717) is 12.2 Å². The third-order valence-corrected chi connectivity index (χ3v) is 3.88. The zero-order valence-electron chi connectivity index (χ0n) is 14.2. The number of epoxide rings is 1. The highest BCUT2D eigenvalue weighted by molar-refractivity contribution is 5.80. The monoisotopic (exact) mass is 318 g/mol. The summed E-state index contributed by atoms with van der Waals surface area (Å²) in [5, 5.41) is 8.40. The van der Waals surface area contributed by atoms with Crippen LogP contribution in [-0.2, 0) is 9.53 Å². The highest BCUT2D eigenvalue weighted by Gasteiger charge is 2.32.